The highest BCUT2D eigenvalue weighted by Gasteiger charge is 2.10. The largest absolute Gasteiger partial charge is 0.490 e. The monoisotopic (exact) mass is 246 g/mol. The van der Waals surface area contributed by atoms with Crippen LogP contribution in [0.25, 0.3) is 0 Å². The fourth-order valence-corrected chi connectivity index (χ4v) is 1.43. The number of nitrogens with one attached hydrogen (secondary N) is 1. The normalized spacial score (nSPS) is 12.2. The van der Waals surface area contributed by atoms with Gasteiger partial charge in [0.2, 0.25) is 0 Å². The van der Waals surface area contributed by atoms with Gasteiger partial charge in [0, 0.05) is 5.92 Å². The molecule has 0 spiro atoms. The van der Waals surface area contributed by atoms with Crippen LogP contribution in [0, 0.1) is 11.3 Å². The minimum absolute atomic E-state index is 0.0816. The molecule has 0 saturated heterocycles. The van der Waals surface area contributed by atoms with Gasteiger partial charge < -0.3 is 10.5 Å². The Balaban J connectivity index is 2.69. The third kappa shape index (κ3) is 3.29. The molecule has 3 N–H and O–H groups in total. The smallest absolute Gasteiger partial charge is 0.156 e. The second kappa shape index (κ2) is 5.24. The Morgan fingerprint density at radius 2 is 2.00 bits per heavy atom. The number of para-hydroxylation sites is 1. The van der Waals surface area contributed by atoms with Crippen molar-refractivity contribution in [2.45, 2.75) is 6.92 Å². The summed E-state index contributed by atoms with van der Waals surface area (Å²) in [5, 5.41) is 8.12. The summed E-state index contributed by atoms with van der Waals surface area (Å²) in [4.78, 5) is 0. The maximum absolute atomic E-state index is 7.21. The van der Waals surface area contributed by atoms with Crippen molar-refractivity contribution in [3.63, 3.8) is 0 Å². The summed E-state index contributed by atoms with van der Waals surface area (Å²) in [6, 6.07) is 5.13. The lowest BCUT2D eigenvalue weighted by atomic mass is 10.2. The van der Waals surface area contributed by atoms with Crippen molar-refractivity contribution in [1.82, 2.24) is 0 Å². The summed E-state index contributed by atoms with van der Waals surface area (Å²) in [6.45, 7) is 2.09. The highest BCUT2D eigenvalue weighted by atomic mass is 35.5. The van der Waals surface area contributed by atoms with Gasteiger partial charge in [-0.2, -0.15) is 0 Å². The van der Waals surface area contributed by atoms with Crippen molar-refractivity contribution in [1.29, 1.82) is 5.41 Å². The quantitative estimate of drug-likeness (QED) is 0.634. The van der Waals surface area contributed by atoms with Crippen LogP contribution in [0.3, 0.4) is 0 Å². The number of amidine groups is 1. The highest BCUT2D eigenvalue weighted by molar-refractivity contribution is 6.37. The van der Waals surface area contributed by atoms with Crippen LogP contribution in [0.2, 0.25) is 10.0 Å². The Bertz CT molecular complexity index is 348. The van der Waals surface area contributed by atoms with Crippen LogP contribution in [0.5, 0.6) is 5.75 Å². The molecule has 0 fully saturated rings. The number of halogens is 2. The van der Waals surface area contributed by atoms with Crippen molar-refractivity contribution in [3.8, 4) is 5.75 Å². The predicted octanol–water partition coefficient (Wildman–Crippen LogP) is 2.94. The van der Waals surface area contributed by atoms with Gasteiger partial charge >= 0.3 is 0 Å². The number of ether oxygens (including phenoxy) is 1. The third-order valence-corrected chi connectivity index (χ3v) is 2.52. The molecule has 1 atom stereocenters. The van der Waals surface area contributed by atoms with Gasteiger partial charge in [-0.1, -0.05) is 36.2 Å². The molecule has 0 amide bonds. The maximum atomic E-state index is 7.21. The average molecular weight is 247 g/mol. The molecule has 0 aromatic heterocycles. The molecule has 0 radical (unpaired) electrons. The minimum atomic E-state index is -0.155. The summed E-state index contributed by atoms with van der Waals surface area (Å²) in [6.07, 6.45) is 0. The molecule has 3 nitrogen and oxygen atoms in total. The first-order valence-corrected chi connectivity index (χ1v) is 5.18. The Hall–Kier alpha value is -0.930. The number of nitrogens with two attached hydrogens (primary N) is 1. The summed E-state index contributed by atoms with van der Waals surface area (Å²) in [5.41, 5.74) is 5.31. The molecule has 1 unspecified atom stereocenters. The van der Waals surface area contributed by atoms with Gasteiger partial charge in [0.15, 0.2) is 5.75 Å². The molecule has 82 valence electrons. The van der Waals surface area contributed by atoms with Crippen molar-refractivity contribution < 1.29 is 4.74 Å². The second-order valence-electron chi connectivity index (χ2n) is 3.22. The molecule has 15 heavy (non-hydrogen) atoms. The standard InChI is InChI=1S/C10H12Cl2N2O/c1-6(10(13)14)5-15-9-7(11)3-2-4-8(9)12/h2-4,6H,5H2,1H3,(H3,13,14). The van der Waals surface area contributed by atoms with Crippen molar-refractivity contribution >= 4 is 29.0 Å². The maximum Gasteiger partial charge on any atom is 0.156 e. The molecule has 0 saturated carbocycles. The van der Waals surface area contributed by atoms with Gasteiger partial charge in [0.1, 0.15) is 0 Å². The van der Waals surface area contributed by atoms with Gasteiger partial charge in [-0.05, 0) is 12.1 Å². The van der Waals surface area contributed by atoms with Crippen LogP contribution in [-0.2, 0) is 0 Å². The van der Waals surface area contributed by atoms with E-state index in [1.807, 2.05) is 0 Å². The molecule has 1 aromatic rings. The predicted molar refractivity (Wildman–Crippen MR) is 63.0 cm³/mol. The second-order valence-corrected chi connectivity index (χ2v) is 4.03. The van der Waals surface area contributed by atoms with E-state index in [9.17, 15) is 0 Å². The van der Waals surface area contributed by atoms with Crippen LogP contribution < -0.4 is 10.5 Å². The number of benzene rings is 1. The van der Waals surface area contributed by atoms with Gasteiger partial charge in [0.05, 0.1) is 22.5 Å². The molecular formula is C10H12Cl2N2O. The van der Waals surface area contributed by atoms with Gasteiger partial charge in [0.25, 0.3) is 0 Å². The minimum Gasteiger partial charge on any atom is -0.490 e. The van der Waals surface area contributed by atoms with E-state index in [0.717, 1.165) is 0 Å². The summed E-state index contributed by atoms with van der Waals surface area (Å²) in [7, 11) is 0. The average Bonchev–Trinajstić information content (AvgIpc) is 2.16. The van der Waals surface area contributed by atoms with E-state index < -0.39 is 0 Å². The van der Waals surface area contributed by atoms with E-state index in [4.69, 9.17) is 39.1 Å². The summed E-state index contributed by atoms with van der Waals surface area (Å²) >= 11 is 11.8. The highest BCUT2D eigenvalue weighted by Crippen LogP contribution is 2.32. The van der Waals surface area contributed by atoms with Crippen LogP contribution in [0.1, 0.15) is 6.92 Å². The molecule has 1 aromatic carbocycles. The zero-order valence-corrected chi connectivity index (χ0v) is 9.77. The van der Waals surface area contributed by atoms with E-state index in [-0.39, 0.29) is 11.8 Å². The van der Waals surface area contributed by atoms with E-state index in [1.54, 1.807) is 25.1 Å². The Kier molecular flexibility index (Phi) is 4.24. The van der Waals surface area contributed by atoms with Crippen molar-refractivity contribution in [3.05, 3.63) is 28.2 Å². The molecule has 0 bridgehead atoms. The van der Waals surface area contributed by atoms with Crippen molar-refractivity contribution in [2.75, 3.05) is 6.61 Å². The van der Waals surface area contributed by atoms with Gasteiger partial charge in [-0.15, -0.1) is 0 Å². The molecule has 0 aliphatic carbocycles. The molecule has 0 aliphatic rings. The van der Waals surface area contributed by atoms with E-state index in [2.05, 4.69) is 0 Å². The van der Waals surface area contributed by atoms with Crippen LogP contribution in [0.15, 0.2) is 18.2 Å². The first-order valence-electron chi connectivity index (χ1n) is 4.43. The molecular weight excluding hydrogens is 235 g/mol. The topological polar surface area (TPSA) is 59.1 Å². The SMILES string of the molecule is CC(COc1c(Cl)cccc1Cl)C(=N)N. The first-order chi connectivity index (χ1) is 7.02. The molecule has 0 aliphatic heterocycles. The fourth-order valence-electron chi connectivity index (χ4n) is 0.919. The van der Waals surface area contributed by atoms with Gasteiger partial charge in [-0.25, -0.2) is 0 Å². The van der Waals surface area contributed by atoms with E-state index in [0.29, 0.717) is 22.4 Å². The number of hydrogen-bond acceptors (Lipinski definition) is 2. The molecule has 5 heteroatoms. The Labute approximate surface area is 98.6 Å². The van der Waals surface area contributed by atoms with Crippen LogP contribution in [-0.4, -0.2) is 12.4 Å². The van der Waals surface area contributed by atoms with Crippen LogP contribution in [0.4, 0.5) is 0 Å². The molecule has 1 rings (SSSR count). The van der Waals surface area contributed by atoms with Gasteiger partial charge in [-0.3, -0.25) is 5.41 Å². The Morgan fingerprint density at radius 3 is 2.47 bits per heavy atom. The number of rotatable bonds is 4. The third-order valence-electron chi connectivity index (χ3n) is 1.93. The summed E-state index contributed by atoms with van der Waals surface area (Å²) < 4.78 is 5.41. The van der Waals surface area contributed by atoms with E-state index in [1.165, 1.54) is 0 Å². The number of hydrogen-bond donors (Lipinski definition) is 2. The van der Waals surface area contributed by atoms with Crippen molar-refractivity contribution in [2.24, 2.45) is 11.7 Å². The van der Waals surface area contributed by atoms with Crippen LogP contribution >= 0.6 is 23.2 Å². The fraction of sp³-hybridized carbons (Fsp3) is 0.300. The summed E-state index contributed by atoms with van der Waals surface area (Å²) in [5.74, 6) is 0.365. The lowest BCUT2D eigenvalue weighted by molar-refractivity contribution is 0.292. The zero-order valence-electron chi connectivity index (χ0n) is 8.26. The van der Waals surface area contributed by atoms with E-state index >= 15 is 0 Å². The lowest BCUT2D eigenvalue weighted by Gasteiger charge is -2.13. The lowest BCUT2D eigenvalue weighted by Crippen LogP contribution is -2.25. The Morgan fingerprint density at radius 1 is 1.47 bits per heavy atom. The zero-order chi connectivity index (χ0) is 11.4. The first kappa shape index (κ1) is 12.1. The molecule has 0 heterocycles.